The van der Waals surface area contributed by atoms with Crippen LogP contribution in [0.25, 0.3) is 90.2 Å². The van der Waals surface area contributed by atoms with Gasteiger partial charge in [-0.1, -0.05) is 91.5 Å². The van der Waals surface area contributed by atoms with E-state index >= 15 is 0 Å². The molecule has 8 atom stereocenters. The first kappa shape index (κ1) is 99.0. The summed E-state index contributed by atoms with van der Waals surface area (Å²) in [6, 6.07) is 60.3. The third-order valence-corrected chi connectivity index (χ3v) is 32.7. The van der Waals surface area contributed by atoms with E-state index in [0.717, 1.165) is 200 Å². The molecule has 4 aliphatic carbocycles. The molecule has 0 bridgehead atoms. The number of pyridine rings is 2. The van der Waals surface area contributed by atoms with Gasteiger partial charge in [-0.2, -0.15) is 0 Å². The van der Waals surface area contributed by atoms with Gasteiger partial charge in [0.15, 0.2) is 69.6 Å². The van der Waals surface area contributed by atoms with Gasteiger partial charge in [-0.15, -0.1) is 45.3 Å². The number of halogens is 1. The summed E-state index contributed by atoms with van der Waals surface area (Å²) in [6.07, 6.45) is 25.5. The minimum absolute atomic E-state index is 0.0638. The van der Waals surface area contributed by atoms with Gasteiger partial charge >= 0.3 is 0 Å². The number of imidazole rings is 4. The van der Waals surface area contributed by atoms with Gasteiger partial charge in [-0.3, -0.25) is 43.3 Å². The van der Waals surface area contributed by atoms with Crippen molar-refractivity contribution in [3.05, 3.63) is 279 Å². The summed E-state index contributed by atoms with van der Waals surface area (Å²) >= 11 is 6.37. The van der Waals surface area contributed by atoms with Crippen molar-refractivity contribution in [1.29, 1.82) is 0 Å². The fourth-order valence-corrected chi connectivity index (χ4v) is 24.5. The molecule has 0 amide bonds. The molecule has 0 aliphatic heterocycles. The van der Waals surface area contributed by atoms with E-state index in [4.69, 9.17) is 24.9 Å². The van der Waals surface area contributed by atoms with E-state index in [-0.39, 0.29) is 82.2 Å². The van der Waals surface area contributed by atoms with Crippen LogP contribution in [0.5, 0.6) is 0 Å². The highest BCUT2D eigenvalue weighted by atomic mass is 32.1. The molecule has 5 aromatic carbocycles. The Morgan fingerprint density at radius 3 is 1.04 bits per heavy atom. The lowest BCUT2D eigenvalue weighted by atomic mass is 9.82. The molecule has 16 aromatic rings. The van der Waals surface area contributed by atoms with Crippen molar-refractivity contribution < 1.29 is 42.7 Å². The molecular weight excluding hydrogens is 1820 g/mol. The number of hydrogen-bond acceptors (Lipinski definition) is 20. The van der Waals surface area contributed by atoms with Gasteiger partial charge in [0.2, 0.25) is 0 Å². The minimum Gasteiger partial charge on any atom is -0.321 e. The number of aryl methyl sites for hydroxylation is 4. The number of fused-ring (bicyclic) bond motifs is 4. The van der Waals surface area contributed by atoms with Crippen molar-refractivity contribution in [2.45, 2.75) is 253 Å². The predicted molar refractivity (Wildman–Crippen MR) is 560 cm³/mol. The van der Waals surface area contributed by atoms with Crippen LogP contribution < -0.4 is 0 Å². The zero-order valence-corrected chi connectivity index (χ0v) is 84.7. The second-order valence-corrected chi connectivity index (χ2v) is 43.4. The quantitative estimate of drug-likeness (QED) is 0.0395. The Balaban J connectivity index is 0.000000129. The van der Waals surface area contributed by atoms with E-state index in [1.54, 1.807) is 82.1 Å². The van der Waals surface area contributed by atoms with Crippen molar-refractivity contribution in [3.63, 3.8) is 0 Å². The maximum Gasteiger partial charge on any atom is 0.195 e. The summed E-state index contributed by atoms with van der Waals surface area (Å²) < 4.78 is 23.9. The molecule has 720 valence electrons. The molecule has 11 aromatic heterocycles. The molecule has 0 unspecified atom stereocenters. The Morgan fingerprint density at radius 1 is 0.336 bits per heavy atom. The molecule has 11 heterocycles. The number of hydrogen-bond donors (Lipinski definition) is 0. The zero-order chi connectivity index (χ0) is 97.9. The third-order valence-electron chi connectivity index (χ3n) is 28.1. The summed E-state index contributed by atoms with van der Waals surface area (Å²) in [5.74, 6) is 6.39. The van der Waals surface area contributed by atoms with Crippen LogP contribution in [0.3, 0.4) is 0 Å². The number of aromatic nitrogens is 12. The number of benzene rings is 5. The minimum atomic E-state index is -0.315. The predicted octanol–water partition coefficient (Wildman–Crippen LogP) is 29.5. The molecule has 140 heavy (non-hydrogen) atoms. The highest BCUT2D eigenvalue weighted by molar-refractivity contribution is 7.15. The topological polar surface area (TPSA) is 259 Å². The Labute approximate surface area is 833 Å². The van der Waals surface area contributed by atoms with Crippen LogP contribution in [-0.2, 0) is 0 Å². The van der Waals surface area contributed by atoms with Gasteiger partial charge in [0, 0.05) is 142 Å². The van der Waals surface area contributed by atoms with Gasteiger partial charge in [-0.25, -0.2) is 39.3 Å². The van der Waals surface area contributed by atoms with E-state index in [2.05, 4.69) is 53.1 Å². The Hall–Kier alpha value is -12.6. The highest BCUT2D eigenvalue weighted by Crippen LogP contribution is 2.47. The Morgan fingerprint density at radius 2 is 0.679 bits per heavy atom. The fourth-order valence-electron chi connectivity index (χ4n) is 21.1. The summed E-state index contributed by atoms with van der Waals surface area (Å²) in [5.41, 5.74) is 12.9. The van der Waals surface area contributed by atoms with Gasteiger partial charge in [-0.05, 0) is 298 Å². The number of carbonyl (C=O) groups excluding carboxylic acids is 8. The molecular formula is C115H121FN12O8S4. The van der Waals surface area contributed by atoms with Gasteiger partial charge in [0.25, 0.3) is 0 Å². The lowest BCUT2D eigenvalue weighted by molar-refractivity contribution is 0.0937. The average molecular weight is 1950 g/mol. The zero-order valence-electron chi connectivity index (χ0n) is 81.4. The van der Waals surface area contributed by atoms with Crippen molar-refractivity contribution in [1.82, 2.24) is 58.1 Å². The van der Waals surface area contributed by atoms with Crippen LogP contribution in [0.2, 0.25) is 0 Å². The number of nitrogens with zero attached hydrogens (tertiary/aromatic N) is 12. The van der Waals surface area contributed by atoms with E-state index < -0.39 is 0 Å². The fraction of sp³-hybridized carbons (Fsp3) is 0.374. The van der Waals surface area contributed by atoms with Gasteiger partial charge in [0.05, 0.1) is 69.2 Å². The van der Waals surface area contributed by atoms with Crippen LogP contribution in [0.1, 0.15) is 331 Å². The molecule has 25 heteroatoms. The summed E-state index contributed by atoms with van der Waals surface area (Å²) in [4.78, 5) is 147. The highest BCUT2D eigenvalue weighted by Gasteiger charge is 2.36. The van der Waals surface area contributed by atoms with Crippen LogP contribution in [-0.4, -0.2) is 104 Å². The molecule has 0 saturated heterocycles. The van der Waals surface area contributed by atoms with Crippen LogP contribution >= 0.6 is 45.3 Å². The van der Waals surface area contributed by atoms with E-state index in [1.165, 1.54) is 20.7 Å². The van der Waals surface area contributed by atoms with E-state index in [9.17, 15) is 42.7 Å². The first-order valence-electron chi connectivity index (χ1n) is 49.8. The third kappa shape index (κ3) is 22.7. The molecule has 4 aliphatic rings. The Kier molecular flexibility index (Phi) is 31.8. The number of carbonyl (C=O) groups is 8. The monoisotopic (exact) mass is 1940 g/mol. The van der Waals surface area contributed by atoms with Gasteiger partial charge in [0.1, 0.15) is 23.0 Å². The maximum atomic E-state index is 14.9. The smallest absolute Gasteiger partial charge is 0.195 e. The summed E-state index contributed by atoms with van der Waals surface area (Å²) in [7, 11) is 0. The molecule has 4 fully saturated rings. The molecule has 0 radical (unpaired) electrons. The first-order chi connectivity index (χ1) is 67.8. The number of thiophene rings is 4. The summed E-state index contributed by atoms with van der Waals surface area (Å²) in [6.45, 7) is 19.9. The number of Topliss-reactive ketones (excluding diaryl/α,β-unsaturated/α-hetero) is 8. The van der Waals surface area contributed by atoms with Crippen molar-refractivity contribution in [2.24, 2.45) is 23.7 Å². The lowest BCUT2D eigenvalue weighted by Gasteiger charge is -2.31. The first-order valence-corrected chi connectivity index (χ1v) is 53.1. The molecule has 0 spiro atoms. The van der Waals surface area contributed by atoms with Crippen LogP contribution in [0, 0.1) is 57.2 Å². The Bertz CT molecular complexity index is 7230. The average Bonchev–Trinajstić information content (AvgIpc) is 1.54. The molecule has 0 N–H and O–H groups in total. The number of ketones is 8. The number of rotatable bonds is 29. The van der Waals surface area contributed by atoms with Crippen molar-refractivity contribution in [2.75, 3.05) is 0 Å². The maximum absolute atomic E-state index is 14.9. The largest absolute Gasteiger partial charge is 0.321 e. The second kappa shape index (κ2) is 44.9. The van der Waals surface area contributed by atoms with E-state index in [1.807, 2.05) is 213 Å². The van der Waals surface area contributed by atoms with Gasteiger partial charge < -0.3 is 18.3 Å². The van der Waals surface area contributed by atoms with Crippen molar-refractivity contribution in [3.8, 4) is 46.1 Å². The SMILES string of the molecule is CCC(=O)c1ccc2c(c1)nc(-c1cccc(C)n1)n2[C@H]1CCC[C@@H](CC(=O)c2ccc(C)s2)C1.CCC(=O)c1ccc2c(c1)nc(-c1ccccc1F)n2[C@H]1CCC[C@@H](CC(=O)c2ccc(C)s2)C1.CCC(=O)c1ccc2c(c1)nc(-c1ccccn1)n2[C@H]1CCC[C@@H](CC(=O)c2ccc(C(C)C)s2)C1.CCC(=O)c1ccc2c(c1)nc(-c1ncccn1)n2[C@H]1CCC[C@@H](CC(=O)c2ccc(C)s2)C1. The lowest BCUT2D eigenvalue weighted by Crippen LogP contribution is -2.22. The standard InChI is InChI=1S/C30H33N3O2S.C29H29FN2O2S.C29H31N3O2S.C27H28N4O2S/c1-4-26(34)21-11-12-25-24(18-21)32-30(23-10-5-6-15-31-23)33(25)22-9-7-8-20(16-22)17-27(35)29-14-13-28(36-29)19(2)3;1-3-26(33)20-12-13-25-24(17-20)31-29(22-9-4-5-10-23(22)30)32(25)21-8-6-7-19(15-21)16-27(34)28-14-11-18(2)35-28;1-4-26(33)21-12-13-25-24(17-21)31-29(23-10-5-7-18(2)30-23)32(25)22-9-6-8-20(15-22)16-27(34)28-14-11-19(3)35-28;1-3-23(32)19-9-10-22-21(16-19)30-27(26-28-12-5-13-29-26)31(22)20-7-4-6-18(14-20)15-24(33)25-11-8-17(2)34-25/h5-6,10-15,18-20,22H,4,7-9,16-17H2,1-3H3;4-5,9-14,17,19,21H,3,6-8,15-16H2,1-2H3;5,7,10-14,17,20,22H,4,6,8-9,15-16H2,1-3H3;5,8-13,16,18,20H,3-4,6-7,14-15H2,1-2H3/t20-,22+;19-,21+;20-,22+;18-,20+/m1111/s1. The van der Waals surface area contributed by atoms with Crippen LogP contribution in [0.15, 0.2) is 207 Å². The molecule has 20 nitrogen and oxygen atoms in total. The van der Waals surface area contributed by atoms with Crippen molar-refractivity contribution >= 4 is 136 Å². The molecule has 4 saturated carbocycles. The second-order valence-electron chi connectivity index (χ2n) is 38.4. The normalized spacial score (nSPS) is 18.2. The van der Waals surface area contributed by atoms with E-state index in [0.29, 0.717) is 120 Å². The summed E-state index contributed by atoms with van der Waals surface area (Å²) in [5, 5.41) is 0. The van der Waals surface area contributed by atoms with Crippen LogP contribution in [0.4, 0.5) is 4.39 Å². The molecule has 20 rings (SSSR count).